The topological polar surface area (TPSA) is 70.0 Å². The third-order valence-electron chi connectivity index (χ3n) is 2.61. The highest BCUT2D eigenvalue weighted by atomic mass is 16.5. The Morgan fingerprint density at radius 1 is 1.47 bits per heavy atom. The van der Waals surface area contributed by atoms with E-state index >= 15 is 0 Å². The van der Waals surface area contributed by atoms with Gasteiger partial charge < -0.3 is 19.8 Å². The first-order chi connectivity index (χ1) is 6.84. The summed E-state index contributed by atoms with van der Waals surface area (Å²) in [6, 6.07) is 0. The van der Waals surface area contributed by atoms with Crippen molar-refractivity contribution in [3.05, 3.63) is 0 Å². The summed E-state index contributed by atoms with van der Waals surface area (Å²) in [4.78, 5) is 12.2. The number of hydrogen-bond donors (Lipinski definition) is 2. The number of carboxylic acid groups (broad SMARTS) is 1. The van der Waals surface area contributed by atoms with Gasteiger partial charge in [0.2, 0.25) is 0 Å². The summed E-state index contributed by atoms with van der Waals surface area (Å²) in [7, 11) is 0. The lowest BCUT2D eigenvalue weighted by Gasteiger charge is -2.41. The van der Waals surface area contributed by atoms with Gasteiger partial charge in [0.25, 0.3) is 0 Å². The Hall–Kier alpha value is -0.810. The molecule has 1 amide bonds. The van der Waals surface area contributed by atoms with Crippen LogP contribution in [0.3, 0.4) is 0 Å². The van der Waals surface area contributed by atoms with Crippen LogP contribution in [0.1, 0.15) is 20.8 Å². The lowest BCUT2D eigenvalue weighted by atomic mass is 9.87. The molecule has 1 heterocycles. The van der Waals surface area contributed by atoms with E-state index in [9.17, 15) is 4.79 Å². The van der Waals surface area contributed by atoms with Crippen LogP contribution >= 0.6 is 0 Å². The summed E-state index contributed by atoms with van der Waals surface area (Å²) in [6.07, 6.45) is -1.52. The Bertz CT molecular complexity index is 236. The van der Waals surface area contributed by atoms with Gasteiger partial charge in [-0.05, 0) is 5.41 Å². The number of amides is 1. The molecule has 0 radical (unpaired) electrons. The van der Waals surface area contributed by atoms with E-state index in [-0.39, 0.29) is 24.7 Å². The lowest BCUT2D eigenvalue weighted by molar-refractivity contribution is -0.132. The van der Waals surface area contributed by atoms with Crippen molar-refractivity contribution in [2.24, 2.45) is 5.41 Å². The fraction of sp³-hybridized carbons (Fsp3) is 0.900. The van der Waals surface area contributed by atoms with Crippen LogP contribution in [0.15, 0.2) is 0 Å². The molecule has 1 saturated heterocycles. The van der Waals surface area contributed by atoms with Crippen LogP contribution < -0.4 is 0 Å². The Labute approximate surface area is 89.6 Å². The molecule has 1 aliphatic heterocycles. The van der Waals surface area contributed by atoms with Crippen molar-refractivity contribution < 1.29 is 19.7 Å². The molecule has 1 rings (SSSR count). The van der Waals surface area contributed by atoms with Crippen LogP contribution in [0.5, 0.6) is 0 Å². The Balaban J connectivity index is 2.71. The number of hydrogen-bond acceptors (Lipinski definition) is 3. The van der Waals surface area contributed by atoms with Crippen molar-refractivity contribution in [3.8, 4) is 0 Å². The SMILES string of the molecule is CC(C)(C)[C@H]1CN(C(=O)O)C[C@@H](CO)O1. The first kappa shape index (κ1) is 12.3. The highest BCUT2D eigenvalue weighted by Crippen LogP contribution is 2.27. The normalized spacial score (nSPS) is 27.9. The quantitative estimate of drug-likeness (QED) is 0.680. The van der Waals surface area contributed by atoms with Gasteiger partial charge in [-0.3, -0.25) is 0 Å². The minimum atomic E-state index is -0.953. The van der Waals surface area contributed by atoms with Gasteiger partial charge in [-0.2, -0.15) is 0 Å². The van der Waals surface area contributed by atoms with Crippen molar-refractivity contribution in [1.29, 1.82) is 0 Å². The molecule has 0 saturated carbocycles. The van der Waals surface area contributed by atoms with Gasteiger partial charge in [-0.1, -0.05) is 20.8 Å². The number of morpholine rings is 1. The number of ether oxygens (including phenoxy) is 1. The van der Waals surface area contributed by atoms with Crippen molar-refractivity contribution in [2.45, 2.75) is 33.0 Å². The van der Waals surface area contributed by atoms with Crippen LogP contribution in [-0.4, -0.2) is 53.1 Å². The summed E-state index contributed by atoms with van der Waals surface area (Å²) in [5.74, 6) is 0. The molecule has 5 nitrogen and oxygen atoms in total. The molecule has 1 aliphatic rings. The number of aliphatic hydroxyl groups excluding tert-OH is 1. The van der Waals surface area contributed by atoms with E-state index in [0.29, 0.717) is 6.54 Å². The second-order valence-electron chi connectivity index (χ2n) is 4.98. The highest BCUT2D eigenvalue weighted by molar-refractivity contribution is 5.65. The molecule has 1 fully saturated rings. The molecule has 0 bridgehead atoms. The average Bonchev–Trinajstić information content (AvgIpc) is 2.15. The van der Waals surface area contributed by atoms with E-state index < -0.39 is 12.2 Å². The molecule has 5 heteroatoms. The van der Waals surface area contributed by atoms with Gasteiger partial charge in [0.05, 0.1) is 31.9 Å². The smallest absolute Gasteiger partial charge is 0.407 e. The summed E-state index contributed by atoms with van der Waals surface area (Å²) >= 11 is 0. The van der Waals surface area contributed by atoms with Crippen molar-refractivity contribution in [2.75, 3.05) is 19.7 Å². The van der Waals surface area contributed by atoms with E-state index in [1.165, 1.54) is 4.90 Å². The largest absolute Gasteiger partial charge is 0.465 e. The molecular formula is C10H19NO4. The first-order valence-corrected chi connectivity index (χ1v) is 5.08. The van der Waals surface area contributed by atoms with Crippen LogP contribution in [0.25, 0.3) is 0 Å². The van der Waals surface area contributed by atoms with Gasteiger partial charge in [-0.25, -0.2) is 4.79 Å². The molecule has 0 aromatic heterocycles. The minimum Gasteiger partial charge on any atom is -0.465 e. The van der Waals surface area contributed by atoms with E-state index in [2.05, 4.69) is 0 Å². The third-order valence-corrected chi connectivity index (χ3v) is 2.61. The molecule has 0 aliphatic carbocycles. The zero-order valence-electron chi connectivity index (χ0n) is 9.43. The minimum absolute atomic E-state index is 0.123. The van der Waals surface area contributed by atoms with Crippen molar-refractivity contribution >= 4 is 6.09 Å². The number of nitrogens with zero attached hydrogens (tertiary/aromatic N) is 1. The van der Waals surface area contributed by atoms with Gasteiger partial charge in [0, 0.05) is 0 Å². The maximum atomic E-state index is 10.9. The molecule has 88 valence electrons. The maximum absolute atomic E-state index is 10.9. The predicted molar refractivity (Wildman–Crippen MR) is 54.8 cm³/mol. The summed E-state index contributed by atoms with van der Waals surface area (Å²) < 4.78 is 5.63. The monoisotopic (exact) mass is 217 g/mol. The summed E-state index contributed by atoms with van der Waals surface area (Å²) in [5, 5.41) is 18.0. The number of rotatable bonds is 1. The first-order valence-electron chi connectivity index (χ1n) is 5.08. The average molecular weight is 217 g/mol. The van der Waals surface area contributed by atoms with Gasteiger partial charge in [0.15, 0.2) is 0 Å². The lowest BCUT2D eigenvalue weighted by Crippen LogP contribution is -2.54. The number of aliphatic hydroxyl groups is 1. The molecule has 0 unspecified atom stereocenters. The van der Waals surface area contributed by atoms with E-state index in [0.717, 1.165) is 0 Å². The Morgan fingerprint density at radius 2 is 2.07 bits per heavy atom. The second-order valence-corrected chi connectivity index (χ2v) is 4.98. The van der Waals surface area contributed by atoms with Crippen LogP contribution in [0.4, 0.5) is 4.79 Å². The molecule has 2 atom stereocenters. The van der Waals surface area contributed by atoms with Crippen molar-refractivity contribution in [1.82, 2.24) is 4.90 Å². The van der Waals surface area contributed by atoms with E-state index in [4.69, 9.17) is 14.9 Å². The third kappa shape index (κ3) is 3.07. The van der Waals surface area contributed by atoms with E-state index in [1.54, 1.807) is 0 Å². The Kier molecular flexibility index (Phi) is 3.57. The van der Waals surface area contributed by atoms with Crippen LogP contribution in [0.2, 0.25) is 0 Å². The molecule has 2 N–H and O–H groups in total. The molecule has 0 aromatic rings. The van der Waals surface area contributed by atoms with Gasteiger partial charge >= 0.3 is 6.09 Å². The van der Waals surface area contributed by atoms with Gasteiger partial charge in [-0.15, -0.1) is 0 Å². The van der Waals surface area contributed by atoms with Crippen molar-refractivity contribution in [3.63, 3.8) is 0 Å². The predicted octanol–water partition coefficient (Wildman–Crippen LogP) is 0.772. The fourth-order valence-corrected chi connectivity index (χ4v) is 1.57. The fourth-order valence-electron chi connectivity index (χ4n) is 1.57. The molecular weight excluding hydrogens is 198 g/mol. The molecule has 0 aromatic carbocycles. The standard InChI is InChI=1S/C10H19NO4/c1-10(2,3)8-5-11(9(13)14)4-7(6-12)15-8/h7-8,12H,4-6H2,1-3H3,(H,13,14)/t7-,8+/m0/s1. The summed E-state index contributed by atoms with van der Waals surface area (Å²) in [5.41, 5.74) is -0.123. The Morgan fingerprint density at radius 3 is 2.47 bits per heavy atom. The maximum Gasteiger partial charge on any atom is 0.407 e. The zero-order chi connectivity index (χ0) is 11.6. The molecule has 0 spiro atoms. The second kappa shape index (κ2) is 4.37. The zero-order valence-corrected chi connectivity index (χ0v) is 9.43. The van der Waals surface area contributed by atoms with Gasteiger partial charge in [0.1, 0.15) is 0 Å². The molecule has 15 heavy (non-hydrogen) atoms. The number of carbonyl (C=O) groups is 1. The van der Waals surface area contributed by atoms with Crippen LogP contribution in [-0.2, 0) is 4.74 Å². The van der Waals surface area contributed by atoms with Crippen LogP contribution in [0, 0.1) is 5.41 Å². The van der Waals surface area contributed by atoms with E-state index in [1.807, 2.05) is 20.8 Å². The summed E-state index contributed by atoms with van der Waals surface area (Å²) in [6.45, 7) is 6.47. The highest BCUT2D eigenvalue weighted by Gasteiger charge is 2.36.